The van der Waals surface area contributed by atoms with Gasteiger partial charge in [0.1, 0.15) is 11.4 Å². The average Bonchev–Trinajstić information content (AvgIpc) is 3.04. The minimum atomic E-state index is -0.230. The first-order valence-electron chi connectivity index (χ1n) is 8.38. The first-order valence-corrected chi connectivity index (χ1v) is 10.4. The number of benzene rings is 1. The molecule has 0 saturated heterocycles. The van der Waals surface area contributed by atoms with Gasteiger partial charge in [0.2, 0.25) is 5.91 Å². The summed E-state index contributed by atoms with van der Waals surface area (Å²) in [5, 5.41) is 4.08. The maximum atomic E-state index is 12.9. The summed E-state index contributed by atoms with van der Waals surface area (Å²) in [5.41, 5.74) is 2.63. The van der Waals surface area contributed by atoms with E-state index in [4.69, 9.17) is 0 Å². The second-order valence-electron chi connectivity index (χ2n) is 6.09. The number of para-hydroxylation sites is 1. The molecular formula is C19H21N3O2S2. The van der Waals surface area contributed by atoms with Crippen molar-refractivity contribution in [1.82, 2.24) is 9.55 Å². The molecule has 0 spiro atoms. The Kier molecular flexibility index (Phi) is 5.48. The van der Waals surface area contributed by atoms with Crippen LogP contribution in [0.5, 0.6) is 0 Å². The lowest BCUT2D eigenvalue weighted by molar-refractivity contribution is -0.116. The summed E-state index contributed by atoms with van der Waals surface area (Å²) in [6.45, 7) is 5.90. The number of fused-ring (bicyclic) bond motifs is 1. The van der Waals surface area contributed by atoms with E-state index in [0.717, 1.165) is 32.9 Å². The molecule has 1 amide bonds. The zero-order valence-electron chi connectivity index (χ0n) is 15.3. The molecule has 1 N–H and O–H groups in total. The predicted octanol–water partition coefficient (Wildman–Crippen LogP) is 4.00. The lowest BCUT2D eigenvalue weighted by Crippen LogP contribution is -2.29. The summed E-state index contributed by atoms with van der Waals surface area (Å²) in [4.78, 5) is 31.9. The third kappa shape index (κ3) is 3.54. The van der Waals surface area contributed by atoms with Crippen molar-refractivity contribution in [2.45, 2.75) is 38.9 Å². The number of anilines is 1. The second-order valence-corrected chi connectivity index (χ2v) is 7.98. The maximum Gasteiger partial charge on any atom is 0.263 e. The smallest absolute Gasteiger partial charge is 0.263 e. The van der Waals surface area contributed by atoms with Crippen molar-refractivity contribution >= 4 is 44.9 Å². The zero-order chi connectivity index (χ0) is 18.8. The van der Waals surface area contributed by atoms with E-state index in [1.54, 1.807) is 0 Å². The number of amides is 1. The highest BCUT2D eigenvalue weighted by Crippen LogP contribution is 2.24. The van der Waals surface area contributed by atoms with E-state index in [1.807, 2.05) is 44.4 Å². The van der Waals surface area contributed by atoms with Crippen LogP contribution in [-0.2, 0) is 17.8 Å². The number of thioether (sulfide) groups is 1. The van der Waals surface area contributed by atoms with E-state index in [1.165, 1.54) is 27.7 Å². The molecule has 0 aliphatic carbocycles. The molecule has 0 aliphatic rings. The van der Waals surface area contributed by atoms with Gasteiger partial charge >= 0.3 is 0 Å². The molecule has 3 aromatic rings. The molecule has 0 aliphatic heterocycles. The first-order chi connectivity index (χ1) is 12.4. The molecule has 1 aromatic carbocycles. The number of thiophene rings is 1. The minimum Gasteiger partial charge on any atom is -0.324 e. The van der Waals surface area contributed by atoms with E-state index in [9.17, 15) is 9.59 Å². The second kappa shape index (κ2) is 7.63. The summed E-state index contributed by atoms with van der Waals surface area (Å²) in [5.74, 6) is -0.230. The van der Waals surface area contributed by atoms with Crippen molar-refractivity contribution in [3.63, 3.8) is 0 Å². The van der Waals surface area contributed by atoms with E-state index in [0.29, 0.717) is 10.5 Å². The van der Waals surface area contributed by atoms with E-state index >= 15 is 0 Å². The Morgan fingerprint density at radius 2 is 2.00 bits per heavy atom. The van der Waals surface area contributed by atoms with Crippen LogP contribution in [-0.4, -0.2) is 21.7 Å². The number of rotatable bonds is 5. The zero-order valence-corrected chi connectivity index (χ0v) is 16.9. The molecular weight excluding hydrogens is 366 g/mol. The highest BCUT2D eigenvalue weighted by Gasteiger charge is 2.16. The Morgan fingerprint density at radius 1 is 1.31 bits per heavy atom. The molecule has 0 fully saturated rings. The van der Waals surface area contributed by atoms with Crippen molar-refractivity contribution in [2.75, 3.05) is 11.6 Å². The summed E-state index contributed by atoms with van der Waals surface area (Å²) in [7, 11) is 0. The predicted molar refractivity (Wildman–Crippen MR) is 110 cm³/mol. The number of carbonyl (C=O) groups excluding carboxylic acids is 1. The lowest BCUT2D eigenvalue weighted by Gasteiger charge is -2.13. The van der Waals surface area contributed by atoms with Gasteiger partial charge in [0, 0.05) is 10.6 Å². The van der Waals surface area contributed by atoms with E-state index < -0.39 is 0 Å². The van der Waals surface area contributed by atoms with Gasteiger partial charge in [-0.1, -0.05) is 36.9 Å². The highest BCUT2D eigenvalue weighted by atomic mass is 32.2. The Hall–Kier alpha value is -2.12. The van der Waals surface area contributed by atoms with Crippen LogP contribution in [0.25, 0.3) is 10.2 Å². The molecule has 26 heavy (non-hydrogen) atoms. The number of carbonyl (C=O) groups is 1. The monoisotopic (exact) mass is 387 g/mol. The third-order valence-corrected chi connectivity index (χ3v) is 6.10. The van der Waals surface area contributed by atoms with Gasteiger partial charge in [-0.3, -0.25) is 14.2 Å². The van der Waals surface area contributed by atoms with Crippen LogP contribution in [0.2, 0.25) is 0 Å². The molecule has 0 atom stereocenters. The van der Waals surface area contributed by atoms with Gasteiger partial charge in [-0.05, 0) is 43.7 Å². The topological polar surface area (TPSA) is 64.0 Å². The number of nitrogens with one attached hydrogen (secondary N) is 1. The lowest BCUT2D eigenvalue weighted by atomic mass is 10.1. The SMILES string of the molecule is CCc1cc2c(=O)n(CC(=O)Nc3c(C)cccc3C)c(SC)nc2s1. The van der Waals surface area contributed by atoms with Gasteiger partial charge in [-0.2, -0.15) is 0 Å². The summed E-state index contributed by atoms with van der Waals surface area (Å²) < 4.78 is 1.46. The van der Waals surface area contributed by atoms with Crippen LogP contribution in [0.1, 0.15) is 22.9 Å². The fraction of sp³-hybridized carbons (Fsp3) is 0.316. The number of aryl methyl sites for hydroxylation is 3. The van der Waals surface area contributed by atoms with Crippen molar-refractivity contribution < 1.29 is 4.79 Å². The summed E-state index contributed by atoms with van der Waals surface area (Å²) in [6.07, 6.45) is 2.73. The fourth-order valence-electron chi connectivity index (χ4n) is 2.85. The van der Waals surface area contributed by atoms with Gasteiger partial charge < -0.3 is 5.32 Å². The third-order valence-electron chi connectivity index (χ3n) is 4.25. The average molecular weight is 388 g/mol. The molecule has 5 nitrogen and oxygen atoms in total. The molecule has 0 radical (unpaired) electrons. The molecule has 2 heterocycles. The van der Waals surface area contributed by atoms with Crippen molar-refractivity contribution in [1.29, 1.82) is 0 Å². The molecule has 2 aromatic heterocycles. The van der Waals surface area contributed by atoms with Crippen LogP contribution >= 0.6 is 23.1 Å². The van der Waals surface area contributed by atoms with Crippen LogP contribution in [0.15, 0.2) is 34.2 Å². The standard InChI is InChI=1S/C19H21N3O2S2/c1-5-13-9-14-17(26-13)21-19(25-4)22(18(14)24)10-15(23)20-16-11(2)7-6-8-12(16)3/h6-9H,5,10H2,1-4H3,(H,20,23). The number of aromatic nitrogens is 2. The van der Waals surface area contributed by atoms with Gasteiger partial charge in [0.25, 0.3) is 5.56 Å². The van der Waals surface area contributed by atoms with E-state index in [2.05, 4.69) is 17.2 Å². The molecule has 0 saturated carbocycles. The largest absolute Gasteiger partial charge is 0.324 e. The Bertz CT molecular complexity index is 1020. The van der Waals surface area contributed by atoms with Crippen molar-refractivity contribution in [2.24, 2.45) is 0 Å². The van der Waals surface area contributed by atoms with Gasteiger partial charge in [-0.15, -0.1) is 11.3 Å². The summed E-state index contributed by atoms with van der Waals surface area (Å²) >= 11 is 2.91. The van der Waals surface area contributed by atoms with Crippen molar-refractivity contribution in [3.05, 3.63) is 50.6 Å². The van der Waals surface area contributed by atoms with Crippen LogP contribution in [0.3, 0.4) is 0 Å². The van der Waals surface area contributed by atoms with Crippen LogP contribution in [0, 0.1) is 13.8 Å². The molecule has 0 bridgehead atoms. The number of hydrogen-bond donors (Lipinski definition) is 1. The number of nitrogens with zero attached hydrogens (tertiary/aromatic N) is 2. The molecule has 3 rings (SSSR count). The molecule has 7 heteroatoms. The molecule has 0 unspecified atom stereocenters. The number of hydrogen-bond acceptors (Lipinski definition) is 5. The van der Waals surface area contributed by atoms with Crippen LogP contribution < -0.4 is 10.9 Å². The van der Waals surface area contributed by atoms with Gasteiger partial charge in [0.05, 0.1) is 5.39 Å². The van der Waals surface area contributed by atoms with E-state index in [-0.39, 0.29) is 18.0 Å². The minimum absolute atomic E-state index is 0.0526. The Morgan fingerprint density at radius 3 is 2.62 bits per heavy atom. The Balaban J connectivity index is 1.96. The first kappa shape index (κ1) is 18.7. The quantitative estimate of drug-likeness (QED) is 0.531. The highest BCUT2D eigenvalue weighted by molar-refractivity contribution is 7.98. The Labute approximate surface area is 160 Å². The summed E-state index contributed by atoms with van der Waals surface area (Å²) in [6, 6.07) is 7.75. The maximum absolute atomic E-state index is 12.9. The van der Waals surface area contributed by atoms with Gasteiger partial charge in [0.15, 0.2) is 5.16 Å². The molecule has 136 valence electrons. The normalized spacial score (nSPS) is 11.1. The fourth-order valence-corrected chi connectivity index (χ4v) is 4.42. The van der Waals surface area contributed by atoms with Crippen molar-refractivity contribution in [3.8, 4) is 0 Å². The van der Waals surface area contributed by atoms with Crippen LogP contribution in [0.4, 0.5) is 5.69 Å². The van der Waals surface area contributed by atoms with Gasteiger partial charge in [-0.25, -0.2) is 4.98 Å².